The summed E-state index contributed by atoms with van der Waals surface area (Å²) in [6.07, 6.45) is 0. The van der Waals surface area contributed by atoms with Gasteiger partial charge in [0.2, 0.25) is 5.91 Å². The highest BCUT2D eigenvalue weighted by Crippen LogP contribution is 2.24. The number of nitrogens with zero attached hydrogens (tertiary/aromatic N) is 1. The third-order valence-corrected chi connectivity index (χ3v) is 5.19. The van der Waals surface area contributed by atoms with E-state index in [4.69, 9.17) is 4.74 Å². The maximum Gasteiger partial charge on any atom is 0.238 e. The van der Waals surface area contributed by atoms with Crippen molar-refractivity contribution in [3.63, 3.8) is 0 Å². The number of hydrogen-bond acceptors (Lipinski definition) is 4. The molecule has 3 rings (SSSR count). The number of likely N-dealkylation sites (N-methyl/N-ethyl adjacent to an activating group) is 1. The number of hydrogen-bond donors (Lipinski definition) is 2. The fraction of sp³-hybridized carbons (Fsp3) is 0.304. The predicted octanol–water partition coefficient (Wildman–Crippen LogP) is 4.02. The van der Waals surface area contributed by atoms with Crippen molar-refractivity contribution >= 4 is 28.3 Å². The number of amides is 1. The van der Waals surface area contributed by atoms with Crippen LogP contribution in [0.3, 0.4) is 0 Å². The van der Waals surface area contributed by atoms with Crippen molar-refractivity contribution in [2.75, 3.05) is 25.5 Å². The van der Waals surface area contributed by atoms with Gasteiger partial charge in [-0.15, -0.1) is 0 Å². The molecule has 1 atom stereocenters. The fourth-order valence-electron chi connectivity index (χ4n) is 3.55. The lowest BCUT2D eigenvalue weighted by atomic mass is 10.0. The second kappa shape index (κ2) is 8.92. The number of para-hydroxylation sites is 1. The van der Waals surface area contributed by atoms with Crippen LogP contribution in [-0.2, 0) is 4.79 Å². The van der Waals surface area contributed by atoms with Crippen molar-refractivity contribution in [1.82, 2.24) is 9.88 Å². The zero-order valence-electron chi connectivity index (χ0n) is 17.3. The minimum absolute atomic E-state index is 0.0130. The van der Waals surface area contributed by atoms with E-state index in [1.165, 1.54) is 0 Å². The summed E-state index contributed by atoms with van der Waals surface area (Å²) < 4.78 is 5.13. The van der Waals surface area contributed by atoms with E-state index in [-0.39, 0.29) is 18.2 Å². The maximum absolute atomic E-state index is 13.2. The number of nitrogens with one attached hydrogen (secondary N) is 2. The number of benzene rings is 2. The quantitative estimate of drug-likeness (QED) is 0.567. The lowest BCUT2D eigenvalue weighted by Gasteiger charge is -2.26. The molecule has 0 aliphatic heterocycles. The highest BCUT2D eigenvalue weighted by Gasteiger charge is 2.26. The molecule has 0 fully saturated rings. The molecule has 29 heavy (non-hydrogen) atoms. The van der Waals surface area contributed by atoms with Crippen LogP contribution in [0.1, 0.15) is 29.9 Å². The Labute approximate surface area is 170 Å². The summed E-state index contributed by atoms with van der Waals surface area (Å²) in [5.74, 6) is 0.581. The number of anilines is 1. The van der Waals surface area contributed by atoms with Gasteiger partial charge in [-0.25, -0.2) is 0 Å². The molecular formula is C23H27N3O3. The maximum atomic E-state index is 13.2. The van der Waals surface area contributed by atoms with Crippen LogP contribution >= 0.6 is 0 Å². The Hall–Kier alpha value is -3.12. The van der Waals surface area contributed by atoms with E-state index in [9.17, 15) is 9.59 Å². The molecule has 152 valence electrons. The van der Waals surface area contributed by atoms with Gasteiger partial charge in [-0.05, 0) is 50.7 Å². The second-order valence-electron chi connectivity index (χ2n) is 7.05. The first-order chi connectivity index (χ1) is 13.9. The van der Waals surface area contributed by atoms with E-state index < -0.39 is 6.04 Å². The molecular weight excluding hydrogens is 366 g/mol. The van der Waals surface area contributed by atoms with Gasteiger partial charge in [-0.1, -0.05) is 25.1 Å². The zero-order valence-corrected chi connectivity index (χ0v) is 17.3. The van der Waals surface area contributed by atoms with Gasteiger partial charge >= 0.3 is 0 Å². The van der Waals surface area contributed by atoms with Gasteiger partial charge in [-0.2, -0.15) is 0 Å². The first-order valence-corrected chi connectivity index (χ1v) is 9.74. The van der Waals surface area contributed by atoms with Crippen molar-refractivity contribution < 1.29 is 14.3 Å². The van der Waals surface area contributed by atoms with Crippen LogP contribution in [0, 0.1) is 6.92 Å². The zero-order chi connectivity index (χ0) is 21.0. The lowest BCUT2D eigenvalue weighted by Crippen LogP contribution is -2.43. The van der Waals surface area contributed by atoms with Crippen LogP contribution in [0.5, 0.6) is 5.75 Å². The summed E-state index contributed by atoms with van der Waals surface area (Å²) in [5, 5.41) is 3.79. The molecule has 2 N–H and O–H groups in total. The summed E-state index contributed by atoms with van der Waals surface area (Å²) in [7, 11) is 1.60. The second-order valence-corrected chi connectivity index (χ2v) is 7.05. The number of fused-ring (bicyclic) bond motifs is 1. The smallest absolute Gasteiger partial charge is 0.238 e. The average molecular weight is 393 g/mol. The topological polar surface area (TPSA) is 74.4 Å². The van der Waals surface area contributed by atoms with Gasteiger partial charge < -0.3 is 15.0 Å². The van der Waals surface area contributed by atoms with Crippen LogP contribution in [0.15, 0.2) is 48.5 Å². The van der Waals surface area contributed by atoms with Gasteiger partial charge in [-0.3, -0.25) is 14.5 Å². The molecule has 1 unspecified atom stereocenters. The molecule has 6 nitrogen and oxygen atoms in total. The molecule has 2 aromatic carbocycles. The summed E-state index contributed by atoms with van der Waals surface area (Å²) in [6, 6.07) is 14.5. The number of aromatic nitrogens is 1. The molecule has 0 radical (unpaired) electrons. The van der Waals surface area contributed by atoms with Gasteiger partial charge in [0, 0.05) is 27.8 Å². The van der Waals surface area contributed by atoms with Crippen LogP contribution in [0.4, 0.5) is 5.69 Å². The molecule has 0 aliphatic carbocycles. The Morgan fingerprint density at radius 2 is 1.83 bits per heavy atom. The number of Topliss-reactive ketones (excluding diaryl/α,β-unsaturated/α-hetero) is 1. The first kappa shape index (κ1) is 20.6. The number of H-pyrrole nitrogens is 1. The minimum Gasteiger partial charge on any atom is -0.497 e. The molecule has 1 aromatic heterocycles. The fourth-order valence-corrected chi connectivity index (χ4v) is 3.55. The normalized spacial score (nSPS) is 12.2. The summed E-state index contributed by atoms with van der Waals surface area (Å²) >= 11 is 0. The molecule has 1 heterocycles. The van der Waals surface area contributed by atoms with E-state index in [1.807, 2.05) is 49.9 Å². The summed E-state index contributed by atoms with van der Waals surface area (Å²) in [6.45, 7) is 6.44. The number of carbonyl (C=O) groups excluding carboxylic acids is 2. The highest BCUT2D eigenvalue weighted by atomic mass is 16.5. The van der Waals surface area contributed by atoms with Crippen molar-refractivity contribution in [3.8, 4) is 5.75 Å². The number of rotatable bonds is 8. The van der Waals surface area contributed by atoms with E-state index in [0.29, 0.717) is 17.8 Å². The Bertz CT molecular complexity index is 1010. The summed E-state index contributed by atoms with van der Waals surface area (Å²) in [5.41, 5.74) is 3.18. The van der Waals surface area contributed by atoms with Crippen LogP contribution in [0.2, 0.25) is 0 Å². The molecule has 0 spiro atoms. The third-order valence-electron chi connectivity index (χ3n) is 5.19. The minimum atomic E-state index is -0.417. The lowest BCUT2D eigenvalue weighted by molar-refractivity contribution is -0.117. The number of aryl methyl sites for hydroxylation is 1. The van der Waals surface area contributed by atoms with Gasteiger partial charge in [0.1, 0.15) is 5.75 Å². The highest BCUT2D eigenvalue weighted by molar-refractivity contribution is 6.11. The molecule has 1 amide bonds. The van der Waals surface area contributed by atoms with E-state index in [1.54, 1.807) is 31.4 Å². The summed E-state index contributed by atoms with van der Waals surface area (Å²) in [4.78, 5) is 30.9. The van der Waals surface area contributed by atoms with Crippen LogP contribution < -0.4 is 10.1 Å². The monoisotopic (exact) mass is 393 g/mol. The molecule has 0 saturated carbocycles. The van der Waals surface area contributed by atoms with Crippen molar-refractivity contribution in [2.24, 2.45) is 0 Å². The van der Waals surface area contributed by atoms with Crippen LogP contribution in [0.25, 0.3) is 10.9 Å². The molecule has 0 bridgehead atoms. The molecule has 0 saturated heterocycles. The predicted molar refractivity (Wildman–Crippen MR) is 116 cm³/mol. The largest absolute Gasteiger partial charge is 0.497 e. The third kappa shape index (κ3) is 4.49. The molecule has 3 aromatic rings. The van der Waals surface area contributed by atoms with Crippen LogP contribution in [-0.4, -0.2) is 47.8 Å². The average Bonchev–Trinajstić information content (AvgIpc) is 3.07. The molecule has 6 heteroatoms. The van der Waals surface area contributed by atoms with Crippen molar-refractivity contribution in [2.45, 2.75) is 26.8 Å². The Balaban J connectivity index is 1.72. The Morgan fingerprint density at radius 3 is 2.48 bits per heavy atom. The van der Waals surface area contributed by atoms with Crippen molar-refractivity contribution in [1.29, 1.82) is 0 Å². The standard InChI is InChI=1S/C23H27N3O3/c1-5-26(14-21(27)25-17-10-12-18(29-4)13-11-17)16(3)23(28)22-15(2)24-20-9-7-6-8-19(20)22/h6-13,16,24H,5,14H2,1-4H3,(H,25,27). The van der Waals surface area contributed by atoms with Crippen molar-refractivity contribution in [3.05, 3.63) is 59.8 Å². The van der Waals surface area contributed by atoms with Gasteiger partial charge in [0.25, 0.3) is 0 Å². The number of ketones is 1. The molecule has 0 aliphatic rings. The van der Waals surface area contributed by atoms with E-state index in [0.717, 1.165) is 22.3 Å². The number of carbonyl (C=O) groups is 2. The number of methoxy groups -OCH3 is 1. The van der Waals surface area contributed by atoms with Gasteiger partial charge in [0.15, 0.2) is 5.78 Å². The Morgan fingerprint density at radius 1 is 1.14 bits per heavy atom. The SMILES string of the molecule is CCN(CC(=O)Nc1ccc(OC)cc1)C(C)C(=O)c1c(C)[nH]c2ccccc12. The van der Waals surface area contributed by atoms with E-state index >= 15 is 0 Å². The number of ether oxygens (including phenoxy) is 1. The van der Waals surface area contributed by atoms with E-state index in [2.05, 4.69) is 10.3 Å². The number of aromatic amines is 1. The van der Waals surface area contributed by atoms with Gasteiger partial charge in [0.05, 0.1) is 19.7 Å². The Kier molecular flexibility index (Phi) is 6.34. The first-order valence-electron chi connectivity index (χ1n) is 9.74.